The maximum absolute atomic E-state index is 12.0. The maximum Gasteiger partial charge on any atom is 0.336 e. The van der Waals surface area contributed by atoms with Crippen LogP contribution in [0.4, 0.5) is 5.69 Å². The van der Waals surface area contributed by atoms with E-state index in [9.17, 15) is 9.59 Å². The fourth-order valence-electron chi connectivity index (χ4n) is 2.17. The molecule has 0 fully saturated rings. The Morgan fingerprint density at radius 1 is 1.04 bits per heavy atom. The van der Waals surface area contributed by atoms with Crippen LogP contribution < -0.4 is 14.8 Å². The molecule has 5 heteroatoms. The van der Waals surface area contributed by atoms with Gasteiger partial charge in [0.25, 0.3) is 5.91 Å². The second-order valence-corrected chi connectivity index (χ2v) is 6.28. The van der Waals surface area contributed by atoms with Crippen LogP contribution in [0, 0.1) is 0 Å². The average Bonchev–Trinajstić information content (AvgIpc) is 2.69. The van der Waals surface area contributed by atoms with Crippen LogP contribution in [0.15, 0.2) is 66.8 Å². The van der Waals surface area contributed by atoms with Gasteiger partial charge in [-0.2, -0.15) is 0 Å². The molecule has 2 rings (SSSR count). The lowest BCUT2D eigenvalue weighted by Gasteiger charge is -2.06. The van der Waals surface area contributed by atoms with E-state index in [0.29, 0.717) is 23.6 Å². The fraction of sp³-hybridized carbons (Fsp3) is 0.217. The molecule has 2 aromatic rings. The lowest BCUT2D eigenvalue weighted by Crippen LogP contribution is -2.11. The quantitative estimate of drug-likeness (QED) is 0.288. The zero-order chi connectivity index (χ0) is 20.4. The predicted molar refractivity (Wildman–Crippen MR) is 111 cm³/mol. The number of benzene rings is 2. The van der Waals surface area contributed by atoms with Crippen molar-refractivity contribution in [2.45, 2.75) is 26.7 Å². The first-order valence-corrected chi connectivity index (χ1v) is 9.17. The third-order valence-corrected chi connectivity index (χ3v) is 3.78. The summed E-state index contributed by atoms with van der Waals surface area (Å²) in [6.07, 6.45) is 5.16. The Morgan fingerprint density at radius 2 is 1.68 bits per heavy atom. The molecule has 28 heavy (non-hydrogen) atoms. The average molecular weight is 379 g/mol. The molecule has 1 N–H and O–H groups in total. The van der Waals surface area contributed by atoms with Crippen molar-refractivity contribution in [3.05, 3.63) is 72.3 Å². The van der Waals surface area contributed by atoms with Crippen molar-refractivity contribution in [2.24, 2.45) is 0 Å². The number of rotatable bonds is 9. The molecule has 0 aliphatic heterocycles. The number of esters is 1. The zero-order valence-electron chi connectivity index (χ0n) is 16.2. The summed E-state index contributed by atoms with van der Waals surface area (Å²) in [5, 5.41) is 2.69. The van der Waals surface area contributed by atoms with Crippen LogP contribution in [0.25, 0.3) is 6.08 Å². The van der Waals surface area contributed by atoms with E-state index >= 15 is 0 Å². The summed E-state index contributed by atoms with van der Waals surface area (Å²) in [4.78, 5) is 23.5. The predicted octanol–water partition coefficient (Wildman–Crippen LogP) is 5.00. The van der Waals surface area contributed by atoms with Crippen LogP contribution in [0.3, 0.4) is 0 Å². The number of carbonyl (C=O) groups is 2. The summed E-state index contributed by atoms with van der Waals surface area (Å²) in [5.74, 6) is 0.464. The molecule has 0 saturated carbocycles. The normalized spacial score (nSPS) is 10.5. The number of ether oxygens (including phenoxy) is 2. The lowest BCUT2D eigenvalue weighted by atomic mass is 10.2. The number of nitrogens with one attached hydrogen (secondary N) is 1. The van der Waals surface area contributed by atoms with E-state index < -0.39 is 5.97 Å². The monoisotopic (exact) mass is 379 g/mol. The number of unbranched alkanes of at least 4 members (excludes halogenated alkanes) is 1. The molecule has 0 atom stereocenters. The van der Waals surface area contributed by atoms with Gasteiger partial charge < -0.3 is 14.8 Å². The van der Waals surface area contributed by atoms with Crippen LogP contribution >= 0.6 is 0 Å². The highest BCUT2D eigenvalue weighted by molar-refractivity contribution is 6.02. The summed E-state index contributed by atoms with van der Waals surface area (Å²) in [7, 11) is 0. The topological polar surface area (TPSA) is 64.6 Å². The Balaban J connectivity index is 1.85. The first kappa shape index (κ1) is 21.0. The van der Waals surface area contributed by atoms with Crippen LogP contribution in [0.5, 0.6) is 11.5 Å². The summed E-state index contributed by atoms with van der Waals surface area (Å²) >= 11 is 0. The maximum atomic E-state index is 12.0. The molecule has 2 aromatic carbocycles. The molecule has 0 aliphatic rings. The zero-order valence-corrected chi connectivity index (χ0v) is 16.2. The van der Waals surface area contributed by atoms with Gasteiger partial charge in [0.05, 0.1) is 6.61 Å². The van der Waals surface area contributed by atoms with Crippen molar-refractivity contribution < 1.29 is 19.1 Å². The van der Waals surface area contributed by atoms with Crippen molar-refractivity contribution in [2.75, 3.05) is 11.9 Å². The van der Waals surface area contributed by atoms with E-state index in [2.05, 4.69) is 18.8 Å². The van der Waals surface area contributed by atoms with Gasteiger partial charge in [-0.15, -0.1) is 0 Å². The van der Waals surface area contributed by atoms with E-state index in [-0.39, 0.29) is 5.91 Å². The largest absolute Gasteiger partial charge is 0.494 e. The molecule has 0 aliphatic carbocycles. The van der Waals surface area contributed by atoms with Crippen molar-refractivity contribution in [1.29, 1.82) is 0 Å². The Labute approximate surface area is 165 Å². The molecule has 5 nitrogen and oxygen atoms in total. The van der Waals surface area contributed by atoms with Crippen molar-refractivity contribution in [3.8, 4) is 11.5 Å². The molecule has 0 bridgehead atoms. The van der Waals surface area contributed by atoms with Gasteiger partial charge in [0.1, 0.15) is 11.5 Å². The highest BCUT2D eigenvalue weighted by Gasteiger charge is 2.04. The second-order valence-electron chi connectivity index (χ2n) is 6.28. The van der Waals surface area contributed by atoms with Crippen LogP contribution in [0.1, 0.15) is 32.3 Å². The summed E-state index contributed by atoms with van der Waals surface area (Å²) in [6.45, 7) is 8.03. The van der Waals surface area contributed by atoms with Crippen LogP contribution in [0.2, 0.25) is 0 Å². The van der Waals surface area contributed by atoms with E-state index in [1.165, 1.54) is 6.08 Å². The molecule has 0 radical (unpaired) electrons. The molecule has 0 aromatic heterocycles. The number of hydrogen-bond donors (Lipinski definition) is 1. The minimum atomic E-state index is -0.484. The smallest absolute Gasteiger partial charge is 0.336 e. The molecule has 0 saturated heterocycles. The third-order valence-electron chi connectivity index (χ3n) is 3.78. The first-order chi connectivity index (χ1) is 13.5. The van der Waals surface area contributed by atoms with Crippen molar-refractivity contribution in [3.63, 3.8) is 0 Å². The first-order valence-electron chi connectivity index (χ1n) is 9.17. The Bertz CT molecular complexity index is 836. The number of carbonyl (C=O) groups excluding carboxylic acids is 2. The fourth-order valence-corrected chi connectivity index (χ4v) is 2.17. The molecule has 0 unspecified atom stereocenters. The highest BCUT2D eigenvalue weighted by Crippen LogP contribution is 2.17. The van der Waals surface area contributed by atoms with Gasteiger partial charge in [0.15, 0.2) is 0 Å². The van der Waals surface area contributed by atoms with Gasteiger partial charge in [-0.3, -0.25) is 4.79 Å². The van der Waals surface area contributed by atoms with Gasteiger partial charge in [-0.05, 0) is 61.4 Å². The molecular weight excluding hydrogens is 354 g/mol. The van der Waals surface area contributed by atoms with Gasteiger partial charge >= 0.3 is 5.97 Å². The lowest BCUT2D eigenvalue weighted by molar-refractivity contribution is -0.128. The number of hydrogen-bond acceptors (Lipinski definition) is 4. The van der Waals surface area contributed by atoms with Crippen LogP contribution in [-0.2, 0) is 9.59 Å². The summed E-state index contributed by atoms with van der Waals surface area (Å²) in [5.41, 5.74) is 1.89. The Kier molecular flexibility index (Phi) is 8.03. The third kappa shape index (κ3) is 7.11. The molecule has 0 heterocycles. The molecule has 0 spiro atoms. The van der Waals surface area contributed by atoms with E-state index in [1.807, 2.05) is 24.3 Å². The van der Waals surface area contributed by atoms with Gasteiger partial charge in [0.2, 0.25) is 0 Å². The summed E-state index contributed by atoms with van der Waals surface area (Å²) < 4.78 is 10.9. The molecule has 146 valence electrons. The van der Waals surface area contributed by atoms with E-state index in [4.69, 9.17) is 9.47 Å². The summed E-state index contributed by atoms with van der Waals surface area (Å²) in [6, 6.07) is 14.0. The van der Waals surface area contributed by atoms with Gasteiger partial charge in [-0.1, -0.05) is 32.1 Å². The SMILES string of the molecule is C=C(C)C(=O)Nc1ccc(OC(=O)C=Cc2ccc(OCCCC)cc2)cc1. The van der Waals surface area contributed by atoms with E-state index in [0.717, 1.165) is 24.2 Å². The van der Waals surface area contributed by atoms with Crippen molar-refractivity contribution in [1.82, 2.24) is 0 Å². The Morgan fingerprint density at radius 3 is 2.29 bits per heavy atom. The van der Waals surface area contributed by atoms with Crippen molar-refractivity contribution >= 4 is 23.6 Å². The van der Waals surface area contributed by atoms with Gasteiger partial charge in [-0.25, -0.2) is 4.79 Å². The number of amides is 1. The minimum absolute atomic E-state index is 0.255. The van der Waals surface area contributed by atoms with Gasteiger partial charge in [0, 0.05) is 17.3 Å². The highest BCUT2D eigenvalue weighted by atomic mass is 16.5. The minimum Gasteiger partial charge on any atom is -0.494 e. The van der Waals surface area contributed by atoms with E-state index in [1.54, 1.807) is 37.3 Å². The molecular formula is C23H25NO4. The Hall–Kier alpha value is -3.34. The van der Waals surface area contributed by atoms with Crippen LogP contribution in [-0.4, -0.2) is 18.5 Å². The molecule has 1 amide bonds. The second kappa shape index (κ2) is 10.7. The standard InChI is InChI=1S/C23H25NO4/c1-4-5-16-27-20-11-6-18(7-12-20)8-15-22(25)28-21-13-9-19(10-14-21)24-23(26)17(2)3/h6-15H,2,4-5,16H2,1,3H3,(H,24,26). The number of anilines is 1.